The summed E-state index contributed by atoms with van der Waals surface area (Å²) in [6.45, 7) is 2.89. The van der Waals surface area contributed by atoms with Crippen molar-refractivity contribution in [1.29, 1.82) is 0 Å². The van der Waals surface area contributed by atoms with Gasteiger partial charge < -0.3 is 10.8 Å². The quantitative estimate of drug-likeness (QED) is 0.730. The topological polar surface area (TPSA) is 46.2 Å². The third-order valence-electron chi connectivity index (χ3n) is 5.33. The first kappa shape index (κ1) is 10.1. The van der Waals surface area contributed by atoms with Gasteiger partial charge in [0.2, 0.25) is 0 Å². The summed E-state index contributed by atoms with van der Waals surface area (Å²) < 4.78 is 0. The van der Waals surface area contributed by atoms with E-state index in [9.17, 15) is 5.11 Å². The van der Waals surface area contributed by atoms with Gasteiger partial charge >= 0.3 is 0 Å². The predicted octanol–water partition coefficient (Wildman–Crippen LogP) is 1.91. The van der Waals surface area contributed by atoms with Crippen molar-refractivity contribution in [2.45, 2.75) is 51.6 Å². The highest BCUT2D eigenvalue weighted by molar-refractivity contribution is 5.08. The summed E-state index contributed by atoms with van der Waals surface area (Å²) in [5, 5.41) is 10.2. The Labute approximate surface area is 92.2 Å². The SMILES string of the molecule is CC12CC3CC(C1)CC(C(O)CN)(C3)C2. The van der Waals surface area contributed by atoms with Crippen LogP contribution in [-0.2, 0) is 0 Å². The molecule has 3 atom stereocenters. The highest BCUT2D eigenvalue weighted by Crippen LogP contribution is 2.65. The molecule has 4 saturated carbocycles. The van der Waals surface area contributed by atoms with Gasteiger partial charge in [0.25, 0.3) is 0 Å². The van der Waals surface area contributed by atoms with Crippen LogP contribution in [-0.4, -0.2) is 17.8 Å². The Hall–Kier alpha value is -0.0800. The van der Waals surface area contributed by atoms with Gasteiger partial charge in [-0.05, 0) is 61.2 Å². The summed E-state index contributed by atoms with van der Waals surface area (Å²) in [6.07, 6.45) is 7.71. The maximum absolute atomic E-state index is 10.2. The summed E-state index contributed by atoms with van der Waals surface area (Å²) in [4.78, 5) is 0. The Balaban J connectivity index is 1.92. The number of hydrogen-bond donors (Lipinski definition) is 2. The predicted molar refractivity (Wildman–Crippen MR) is 60.3 cm³/mol. The minimum atomic E-state index is -0.247. The molecule has 4 aliphatic rings. The van der Waals surface area contributed by atoms with Gasteiger partial charge in [-0.2, -0.15) is 0 Å². The molecular formula is C13H23NO. The zero-order chi connectivity index (χ0) is 10.7. The first-order valence-electron chi connectivity index (χ1n) is 6.43. The van der Waals surface area contributed by atoms with Gasteiger partial charge in [-0.3, -0.25) is 0 Å². The van der Waals surface area contributed by atoms with Crippen molar-refractivity contribution in [3.05, 3.63) is 0 Å². The molecule has 0 aromatic rings. The Morgan fingerprint density at radius 3 is 2.33 bits per heavy atom. The zero-order valence-corrected chi connectivity index (χ0v) is 9.71. The monoisotopic (exact) mass is 209 g/mol. The van der Waals surface area contributed by atoms with Gasteiger partial charge in [0.15, 0.2) is 0 Å². The van der Waals surface area contributed by atoms with Gasteiger partial charge in [-0.1, -0.05) is 6.92 Å². The maximum atomic E-state index is 10.2. The van der Waals surface area contributed by atoms with E-state index in [2.05, 4.69) is 6.92 Å². The molecule has 0 aliphatic heterocycles. The van der Waals surface area contributed by atoms with E-state index in [1.165, 1.54) is 38.5 Å². The van der Waals surface area contributed by atoms with Crippen LogP contribution in [0.5, 0.6) is 0 Å². The fourth-order valence-corrected chi connectivity index (χ4v) is 5.44. The smallest absolute Gasteiger partial charge is 0.0718 e. The second-order valence-electron chi connectivity index (χ2n) is 6.89. The van der Waals surface area contributed by atoms with Gasteiger partial charge in [0, 0.05) is 6.54 Å². The molecule has 3 N–H and O–H groups in total. The van der Waals surface area contributed by atoms with Crippen molar-refractivity contribution in [1.82, 2.24) is 0 Å². The first-order valence-corrected chi connectivity index (χ1v) is 6.43. The molecule has 86 valence electrons. The molecule has 0 heterocycles. The van der Waals surface area contributed by atoms with Gasteiger partial charge in [0.05, 0.1) is 6.10 Å². The van der Waals surface area contributed by atoms with Crippen molar-refractivity contribution in [3.8, 4) is 0 Å². The molecule has 0 spiro atoms. The second kappa shape index (κ2) is 2.98. The van der Waals surface area contributed by atoms with E-state index in [4.69, 9.17) is 5.73 Å². The van der Waals surface area contributed by atoms with E-state index in [1.807, 2.05) is 0 Å². The van der Waals surface area contributed by atoms with Crippen LogP contribution in [0.2, 0.25) is 0 Å². The van der Waals surface area contributed by atoms with Crippen LogP contribution in [0.15, 0.2) is 0 Å². The standard InChI is InChI=1S/C13H23NO/c1-12-3-9-2-10(4-12)6-13(5-9,8-12)11(15)7-14/h9-11,15H,2-8,14H2,1H3. The lowest BCUT2D eigenvalue weighted by Crippen LogP contribution is -2.56. The lowest BCUT2D eigenvalue weighted by atomic mass is 9.43. The summed E-state index contributed by atoms with van der Waals surface area (Å²) in [5.41, 5.74) is 6.42. The normalized spacial score (nSPS) is 54.6. The molecule has 0 amide bonds. The van der Waals surface area contributed by atoms with Crippen molar-refractivity contribution >= 4 is 0 Å². The largest absolute Gasteiger partial charge is 0.391 e. The average molecular weight is 209 g/mol. The number of nitrogens with two attached hydrogens (primary N) is 1. The first-order chi connectivity index (χ1) is 7.05. The molecule has 4 aliphatic carbocycles. The summed E-state index contributed by atoms with van der Waals surface area (Å²) in [7, 11) is 0. The minimum Gasteiger partial charge on any atom is -0.391 e. The van der Waals surface area contributed by atoms with E-state index in [1.54, 1.807) is 0 Å². The van der Waals surface area contributed by atoms with Crippen molar-refractivity contribution in [3.63, 3.8) is 0 Å². The van der Waals surface area contributed by atoms with Crippen molar-refractivity contribution in [2.75, 3.05) is 6.54 Å². The maximum Gasteiger partial charge on any atom is 0.0718 e. The van der Waals surface area contributed by atoms with Crippen LogP contribution in [0.25, 0.3) is 0 Å². The van der Waals surface area contributed by atoms with Crippen molar-refractivity contribution < 1.29 is 5.11 Å². The average Bonchev–Trinajstić information content (AvgIpc) is 2.12. The van der Waals surface area contributed by atoms with Crippen LogP contribution < -0.4 is 5.73 Å². The third kappa shape index (κ3) is 1.38. The molecule has 0 radical (unpaired) electrons. The lowest BCUT2D eigenvalue weighted by molar-refractivity contribution is -0.150. The fraction of sp³-hybridized carbons (Fsp3) is 1.00. The van der Waals surface area contributed by atoms with Crippen molar-refractivity contribution in [2.24, 2.45) is 28.4 Å². The van der Waals surface area contributed by atoms with E-state index in [-0.39, 0.29) is 11.5 Å². The molecule has 2 heteroatoms. The summed E-state index contributed by atoms with van der Waals surface area (Å²) in [5.74, 6) is 1.77. The third-order valence-corrected chi connectivity index (χ3v) is 5.33. The molecule has 0 saturated heterocycles. The zero-order valence-electron chi connectivity index (χ0n) is 9.71. The van der Waals surface area contributed by atoms with Crippen LogP contribution in [0.1, 0.15) is 45.4 Å². The number of aliphatic hydroxyl groups is 1. The van der Waals surface area contributed by atoms with Crippen LogP contribution >= 0.6 is 0 Å². The highest BCUT2D eigenvalue weighted by Gasteiger charge is 2.57. The Morgan fingerprint density at radius 1 is 1.27 bits per heavy atom. The van der Waals surface area contributed by atoms with E-state index >= 15 is 0 Å². The molecule has 0 aromatic carbocycles. The van der Waals surface area contributed by atoms with Gasteiger partial charge in [-0.15, -0.1) is 0 Å². The Morgan fingerprint density at radius 2 is 1.87 bits per heavy atom. The van der Waals surface area contributed by atoms with Crippen LogP contribution in [0, 0.1) is 22.7 Å². The van der Waals surface area contributed by atoms with E-state index < -0.39 is 0 Å². The number of aliphatic hydroxyl groups excluding tert-OH is 1. The van der Waals surface area contributed by atoms with Gasteiger partial charge in [-0.25, -0.2) is 0 Å². The molecule has 3 unspecified atom stereocenters. The van der Waals surface area contributed by atoms with Gasteiger partial charge in [0.1, 0.15) is 0 Å². The van der Waals surface area contributed by atoms with E-state index in [0.29, 0.717) is 12.0 Å². The molecule has 2 nitrogen and oxygen atoms in total. The molecule has 4 fully saturated rings. The molecule has 0 aromatic heterocycles. The minimum absolute atomic E-state index is 0.202. The molecule has 4 rings (SSSR count). The van der Waals surface area contributed by atoms with E-state index in [0.717, 1.165) is 11.8 Å². The van der Waals surface area contributed by atoms with Crippen LogP contribution in [0.4, 0.5) is 0 Å². The summed E-state index contributed by atoms with van der Waals surface area (Å²) in [6, 6.07) is 0. The van der Waals surface area contributed by atoms with Crippen LogP contribution in [0.3, 0.4) is 0 Å². The number of hydrogen-bond acceptors (Lipinski definition) is 2. The Kier molecular flexibility index (Phi) is 2.01. The molecular weight excluding hydrogens is 186 g/mol. The highest BCUT2D eigenvalue weighted by atomic mass is 16.3. The lowest BCUT2D eigenvalue weighted by Gasteiger charge is -2.62. The fourth-order valence-electron chi connectivity index (χ4n) is 5.44. The summed E-state index contributed by atoms with van der Waals surface area (Å²) >= 11 is 0. The number of rotatable bonds is 2. The Bertz CT molecular complexity index is 262. The molecule has 15 heavy (non-hydrogen) atoms. The second-order valence-corrected chi connectivity index (χ2v) is 6.89. The molecule has 4 bridgehead atoms.